The molecule has 130 valence electrons. The van der Waals surface area contributed by atoms with Gasteiger partial charge in [-0.1, -0.05) is 30.3 Å². The number of nitrogens with zero attached hydrogens (tertiary/aromatic N) is 2. The standard InChI is InChI=1S/C20H18N4O2/c25-19(11-14-12-22-17-7-3-1-5-15(14)17)21-9-10-24-13-23-18-8-4-2-6-16(18)20(24)26/h1-8,12-13,22H,9-11H2,(H,21,25). The summed E-state index contributed by atoms with van der Waals surface area (Å²) in [5, 5.41) is 4.51. The van der Waals surface area contributed by atoms with Gasteiger partial charge in [-0.15, -0.1) is 0 Å². The number of carbonyl (C=O) groups excluding carboxylic acids is 1. The number of hydrogen-bond acceptors (Lipinski definition) is 3. The Hall–Kier alpha value is -3.41. The van der Waals surface area contributed by atoms with Crippen LogP contribution in [-0.4, -0.2) is 27.0 Å². The van der Waals surface area contributed by atoms with Gasteiger partial charge in [0.1, 0.15) is 0 Å². The molecular formula is C20H18N4O2. The fourth-order valence-corrected chi connectivity index (χ4v) is 3.09. The first-order chi connectivity index (χ1) is 12.7. The van der Waals surface area contributed by atoms with Gasteiger partial charge < -0.3 is 10.3 Å². The molecule has 0 unspecified atom stereocenters. The van der Waals surface area contributed by atoms with Crippen molar-refractivity contribution in [2.24, 2.45) is 0 Å². The van der Waals surface area contributed by atoms with Crippen LogP contribution >= 0.6 is 0 Å². The van der Waals surface area contributed by atoms with E-state index in [-0.39, 0.29) is 11.5 Å². The van der Waals surface area contributed by atoms with Gasteiger partial charge in [-0.3, -0.25) is 14.2 Å². The summed E-state index contributed by atoms with van der Waals surface area (Å²) in [6, 6.07) is 15.1. The molecule has 0 saturated heterocycles. The molecule has 4 aromatic rings. The highest BCUT2D eigenvalue weighted by Gasteiger charge is 2.09. The third-order valence-electron chi connectivity index (χ3n) is 4.43. The molecule has 2 aromatic carbocycles. The molecule has 2 aromatic heterocycles. The van der Waals surface area contributed by atoms with E-state index in [1.807, 2.05) is 48.7 Å². The van der Waals surface area contributed by atoms with E-state index in [9.17, 15) is 9.59 Å². The van der Waals surface area contributed by atoms with Gasteiger partial charge in [0.15, 0.2) is 0 Å². The smallest absolute Gasteiger partial charge is 0.261 e. The highest BCUT2D eigenvalue weighted by atomic mass is 16.1. The molecule has 0 radical (unpaired) electrons. The van der Waals surface area contributed by atoms with E-state index < -0.39 is 0 Å². The Morgan fingerprint density at radius 1 is 1.08 bits per heavy atom. The number of benzene rings is 2. The van der Waals surface area contributed by atoms with Crippen molar-refractivity contribution in [3.05, 3.63) is 77.0 Å². The van der Waals surface area contributed by atoms with E-state index in [4.69, 9.17) is 0 Å². The van der Waals surface area contributed by atoms with Crippen LogP contribution in [-0.2, 0) is 17.8 Å². The summed E-state index contributed by atoms with van der Waals surface area (Å²) in [6.07, 6.45) is 3.69. The minimum Gasteiger partial charge on any atom is -0.361 e. The fourth-order valence-electron chi connectivity index (χ4n) is 3.09. The second-order valence-electron chi connectivity index (χ2n) is 6.15. The van der Waals surface area contributed by atoms with Crippen molar-refractivity contribution in [3.8, 4) is 0 Å². The van der Waals surface area contributed by atoms with Gasteiger partial charge in [0.2, 0.25) is 5.91 Å². The van der Waals surface area contributed by atoms with E-state index in [0.29, 0.717) is 30.4 Å². The van der Waals surface area contributed by atoms with Crippen LogP contribution in [0.5, 0.6) is 0 Å². The van der Waals surface area contributed by atoms with Crippen LogP contribution in [0.25, 0.3) is 21.8 Å². The van der Waals surface area contributed by atoms with Crippen molar-refractivity contribution in [1.29, 1.82) is 0 Å². The molecule has 0 atom stereocenters. The van der Waals surface area contributed by atoms with Crippen LogP contribution in [0.15, 0.2) is 65.8 Å². The predicted octanol–water partition coefficient (Wildman–Crippen LogP) is 2.24. The molecule has 0 aliphatic rings. The number of aromatic nitrogens is 3. The molecule has 2 N–H and O–H groups in total. The van der Waals surface area contributed by atoms with Crippen molar-refractivity contribution in [2.45, 2.75) is 13.0 Å². The topological polar surface area (TPSA) is 79.8 Å². The first-order valence-electron chi connectivity index (χ1n) is 8.48. The number of nitrogens with one attached hydrogen (secondary N) is 2. The summed E-state index contributed by atoms with van der Waals surface area (Å²) < 4.78 is 1.52. The second-order valence-corrected chi connectivity index (χ2v) is 6.15. The van der Waals surface area contributed by atoms with Crippen molar-refractivity contribution < 1.29 is 4.79 Å². The van der Waals surface area contributed by atoms with E-state index in [1.54, 1.807) is 6.07 Å². The third-order valence-corrected chi connectivity index (χ3v) is 4.43. The number of para-hydroxylation sites is 2. The highest BCUT2D eigenvalue weighted by Crippen LogP contribution is 2.17. The van der Waals surface area contributed by atoms with E-state index in [2.05, 4.69) is 15.3 Å². The van der Waals surface area contributed by atoms with Crippen LogP contribution in [0.3, 0.4) is 0 Å². The summed E-state index contributed by atoms with van der Waals surface area (Å²) in [4.78, 5) is 32.1. The lowest BCUT2D eigenvalue weighted by molar-refractivity contribution is -0.120. The Morgan fingerprint density at radius 2 is 1.85 bits per heavy atom. The molecule has 4 rings (SSSR count). The van der Waals surface area contributed by atoms with Gasteiger partial charge in [-0.2, -0.15) is 0 Å². The Morgan fingerprint density at radius 3 is 2.73 bits per heavy atom. The maximum Gasteiger partial charge on any atom is 0.261 e. The second kappa shape index (κ2) is 6.84. The molecule has 1 amide bonds. The Bertz CT molecular complexity index is 1140. The number of amides is 1. The molecule has 6 nitrogen and oxygen atoms in total. The van der Waals surface area contributed by atoms with Crippen molar-refractivity contribution >= 4 is 27.7 Å². The van der Waals surface area contributed by atoms with Crippen molar-refractivity contribution in [1.82, 2.24) is 19.9 Å². The van der Waals surface area contributed by atoms with Crippen LogP contribution in [0.2, 0.25) is 0 Å². The molecule has 2 heterocycles. The molecule has 0 fully saturated rings. The minimum atomic E-state index is -0.0959. The normalized spacial score (nSPS) is 11.1. The number of H-pyrrole nitrogens is 1. The average molecular weight is 346 g/mol. The van der Waals surface area contributed by atoms with Gasteiger partial charge in [0.25, 0.3) is 5.56 Å². The van der Waals surface area contributed by atoms with Gasteiger partial charge in [-0.25, -0.2) is 4.98 Å². The number of fused-ring (bicyclic) bond motifs is 2. The lowest BCUT2D eigenvalue weighted by Gasteiger charge is -2.08. The number of aromatic amines is 1. The van der Waals surface area contributed by atoms with Crippen LogP contribution in [0.4, 0.5) is 0 Å². The van der Waals surface area contributed by atoms with Crippen molar-refractivity contribution in [2.75, 3.05) is 6.54 Å². The fraction of sp³-hybridized carbons (Fsp3) is 0.150. The molecule has 0 spiro atoms. The van der Waals surface area contributed by atoms with Crippen LogP contribution in [0, 0.1) is 0 Å². The monoisotopic (exact) mass is 346 g/mol. The lowest BCUT2D eigenvalue weighted by Crippen LogP contribution is -2.31. The molecule has 0 saturated carbocycles. The predicted molar refractivity (Wildman–Crippen MR) is 101 cm³/mol. The highest BCUT2D eigenvalue weighted by molar-refractivity contribution is 5.88. The zero-order valence-corrected chi connectivity index (χ0v) is 14.1. The maximum atomic E-state index is 12.4. The maximum absolute atomic E-state index is 12.4. The average Bonchev–Trinajstić information content (AvgIpc) is 3.07. The van der Waals surface area contributed by atoms with Crippen LogP contribution < -0.4 is 10.9 Å². The summed E-state index contributed by atoms with van der Waals surface area (Å²) in [6.45, 7) is 0.761. The van der Waals surface area contributed by atoms with Crippen LogP contribution in [0.1, 0.15) is 5.56 Å². The van der Waals surface area contributed by atoms with Gasteiger partial charge >= 0.3 is 0 Å². The summed E-state index contributed by atoms with van der Waals surface area (Å²) in [7, 11) is 0. The molecule has 0 aliphatic carbocycles. The zero-order valence-electron chi connectivity index (χ0n) is 14.1. The Balaban J connectivity index is 1.39. The minimum absolute atomic E-state index is 0.0726. The quantitative estimate of drug-likeness (QED) is 0.582. The number of rotatable bonds is 5. The van der Waals surface area contributed by atoms with Crippen molar-refractivity contribution in [3.63, 3.8) is 0 Å². The van der Waals surface area contributed by atoms with E-state index >= 15 is 0 Å². The molecule has 6 heteroatoms. The molecule has 0 aliphatic heterocycles. The summed E-state index contributed by atoms with van der Waals surface area (Å²) in [5.41, 5.74) is 2.56. The number of carbonyl (C=O) groups is 1. The largest absolute Gasteiger partial charge is 0.361 e. The zero-order chi connectivity index (χ0) is 17.9. The van der Waals surface area contributed by atoms with Gasteiger partial charge in [-0.05, 0) is 23.8 Å². The van der Waals surface area contributed by atoms with E-state index in [0.717, 1.165) is 16.5 Å². The van der Waals surface area contributed by atoms with Gasteiger partial charge in [0, 0.05) is 30.2 Å². The molecular weight excluding hydrogens is 328 g/mol. The van der Waals surface area contributed by atoms with E-state index in [1.165, 1.54) is 10.9 Å². The number of hydrogen-bond donors (Lipinski definition) is 2. The molecule has 0 bridgehead atoms. The lowest BCUT2D eigenvalue weighted by atomic mass is 10.1. The first-order valence-corrected chi connectivity index (χ1v) is 8.48. The summed E-state index contributed by atoms with van der Waals surface area (Å²) >= 11 is 0. The molecule has 26 heavy (non-hydrogen) atoms. The van der Waals surface area contributed by atoms with Gasteiger partial charge in [0.05, 0.1) is 23.7 Å². The SMILES string of the molecule is O=C(Cc1c[nH]c2ccccc12)NCCn1cnc2ccccc2c1=O. The third kappa shape index (κ3) is 3.09. The first kappa shape index (κ1) is 16.1. The Labute approximate surface area is 149 Å². The summed E-state index contributed by atoms with van der Waals surface area (Å²) in [5.74, 6) is -0.0726. The Kier molecular flexibility index (Phi) is 4.23.